The van der Waals surface area contributed by atoms with Crippen molar-refractivity contribution in [1.82, 2.24) is 14.8 Å². The Labute approximate surface area is 142 Å². The van der Waals surface area contributed by atoms with Crippen molar-refractivity contribution < 1.29 is 9.21 Å². The van der Waals surface area contributed by atoms with Crippen molar-refractivity contribution in [2.45, 2.75) is 5.16 Å². The standard InChI is InChI=1S/C18H13N3O2S/c22-15(17-10-13-6-4-5-9-16(13)23-17)11-24-18-20-19-12-21(18)14-7-2-1-3-8-14/h1-10,12H,11H2. The zero-order valence-corrected chi connectivity index (χ0v) is 13.4. The van der Waals surface area contributed by atoms with Crippen molar-refractivity contribution in [2.75, 3.05) is 5.75 Å². The number of carbonyl (C=O) groups excluding carboxylic acids is 1. The van der Waals surface area contributed by atoms with Gasteiger partial charge in [-0.1, -0.05) is 48.2 Å². The first-order valence-electron chi connectivity index (χ1n) is 7.41. The molecule has 0 radical (unpaired) electrons. The van der Waals surface area contributed by atoms with Gasteiger partial charge in [0.15, 0.2) is 10.9 Å². The normalized spacial score (nSPS) is 11.0. The molecule has 0 N–H and O–H groups in total. The number of carbonyl (C=O) groups is 1. The predicted molar refractivity (Wildman–Crippen MR) is 92.6 cm³/mol. The van der Waals surface area contributed by atoms with Gasteiger partial charge in [-0.15, -0.1) is 10.2 Å². The van der Waals surface area contributed by atoms with E-state index in [1.165, 1.54) is 11.8 Å². The fourth-order valence-corrected chi connectivity index (χ4v) is 3.21. The molecule has 118 valence electrons. The molecule has 5 nitrogen and oxygen atoms in total. The molecular weight excluding hydrogens is 322 g/mol. The maximum atomic E-state index is 12.4. The van der Waals surface area contributed by atoms with Crippen molar-refractivity contribution in [3.8, 4) is 5.69 Å². The van der Waals surface area contributed by atoms with Crippen molar-refractivity contribution in [3.63, 3.8) is 0 Å². The van der Waals surface area contributed by atoms with Gasteiger partial charge in [-0.2, -0.15) is 0 Å². The lowest BCUT2D eigenvalue weighted by molar-refractivity contribution is 0.0994. The molecule has 2 aromatic carbocycles. The lowest BCUT2D eigenvalue weighted by atomic mass is 10.2. The average molecular weight is 335 g/mol. The molecule has 0 unspecified atom stereocenters. The molecule has 4 rings (SSSR count). The first kappa shape index (κ1) is 14.7. The summed E-state index contributed by atoms with van der Waals surface area (Å²) < 4.78 is 7.47. The number of benzene rings is 2. The highest BCUT2D eigenvalue weighted by molar-refractivity contribution is 7.99. The average Bonchev–Trinajstić information content (AvgIpc) is 3.27. The number of thioether (sulfide) groups is 1. The van der Waals surface area contributed by atoms with Gasteiger partial charge in [-0.3, -0.25) is 9.36 Å². The monoisotopic (exact) mass is 335 g/mol. The highest BCUT2D eigenvalue weighted by atomic mass is 32.2. The summed E-state index contributed by atoms with van der Waals surface area (Å²) in [5.74, 6) is 0.541. The number of hydrogen-bond acceptors (Lipinski definition) is 5. The Morgan fingerprint density at radius 2 is 1.88 bits per heavy atom. The zero-order chi connectivity index (χ0) is 16.4. The minimum Gasteiger partial charge on any atom is -0.453 e. The van der Waals surface area contributed by atoms with Crippen molar-refractivity contribution in [2.24, 2.45) is 0 Å². The largest absolute Gasteiger partial charge is 0.453 e. The Morgan fingerprint density at radius 3 is 2.71 bits per heavy atom. The van der Waals surface area contributed by atoms with Crippen LogP contribution in [0, 0.1) is 0 Å². The van der Waals surface area contributed by atoms with Gasteiger partial charge in [0.05, 0.1) is 5.75 Å². The van der Waals surface area contributed by atoms with Gasteiger partial charge in [0.2, 0.25) is 5.78 Å². The van der Waals surface area contributed by atoms with Crippen LogP contribution in [0.1, 0.15) is 10.6 Å². The molecule has 0 aliphatic carbocycles. The summed E-state index contributed by atoms with van der Waals surface area (Å²) in [7, 11) is 0. The topological polar surface area (TPSA) is 60.9 Å². The van der Waals surface area contributed by atoms with E-state index in [1.807, 2.05) is 59.2 Å². The van der Waals surface area contributed by atoms with Crippen LogP contribution >= 0.6 is 11.8 Å². The van der Waals surface area contributed by atoms with E-state index in [1.54, 1.807) is 12.4 Å². The van der Waals surface area contributed by atoms with Crippen molar-refractivity contribution in [3.05, 3.63) is 72.8 Å². The quantitative estimate of drug-likeness (QED) is 0.408. The number of hydrogen-bond donors (Lipinski definition) is 0. The number of nitrogens with zero attached hydrogens (tertiary/aromatic N) is 3. The Bertz CT molecular complexity index is 959. The molecule has 4 aromatic rings. The fraction of sp³-hybridized carbons (Fsp3) is 0.0556. The van der Waals surface area contributed by atoms with Crippen LogP contribution in [0.15, 0.2) is 76.6 Å². The van der Waals surface area contributed by atoms with Crippen LogP contribution < -0.4 is 0 Å². The smallest absolute Gasteiger partial charge is 0.208 e. The Kier molecular flexibility index (Phi) is 3.88. The second kappa shape index (κ2) is 6.33. The second-order valence-electron chi connectivity index (χ2n) is 5.18. The summed E-state index contributed by atoms with van der Waals surface area (Å²) in [5.41, 5.74) is 1.68. The summed E-state index contributed by atoms with van der Waals surface area (Å²) >= 11 is 1.34. The molecule has 0 amide bonds. The number of aromatic nitrogens is 3. The molecule has 0 fully saturated rings. The predicted octanol–water partition coefficient (Wildman–Crippen LogP) is 3.99. The van der Waals surface area contributed by atoms with Crippen molar-refractivity contribution in [1.29, 1.82) is 0 Å². The third-order valence-corrected chi connectivity index (χ3v) is 4.53. The van der Waals surface area contributed by atoms with E-state index in [0.29, 0.717) is 10.9 Å². The minimum absolute atomic E-state index is 0.0705. The van der Waals surface area contributed by atoms with Gasteiger partial charge in [0.25, 0.3) is 0 Å². The number of para-hydroxylation sites is 2. The van der Waals surface area contributed by atoms with Crippen LogP contribution in [0.25, 0.3) is 16.7 Å². The highest BCUT2D eigenvalue weighted by Crippen LogP contribution is 2.23. The van der Waals surface area contributed by atoms with E-state index in [0.717, 1.165) is 16.7 Å². The van der Waals surface area contributed by atoms with Crippen molar-refractivity contribution >= 4 is 28.5 Å². The van der Waals surface area contributed by atoms with E-state index < -0.39 is 0 Å². The fourth-order valence-electron chi connectivity index (χ4n) is 2.41. The SMILES string of the molecule is O=C(CSc1nncn1-c1ccccc1)c1cc2ccccc2o1. The van der Waals surface area contributed by atoms with Gasteiger partial charge in [-0.25, -0.2) is 0 Å². The van der Waals surface area contributed by atoms with Crippen LogP contribution in [-0.2, 0) is 0 Å². The number of fused-ring (bicyclic) bond motifs is 1. The maximum absolute atomic E-state index is 12.4. The maximum Gasteiger partial charge on any atom is 0.208 e. The molecular formula is C18H13N3O2S. The first-order chi connectivity index (χ1) is 11.8. The molecule has 0 aliphatic heterocycles. The van der Waals surface area contributed by atoms with Crippen LogP contribution in [0.5, 0.6) is 0 Å². The van der Waals surface area contributed by atoms with E-state index in [9.17, 15) is 4.79 Å². The molecule has 2 aromatic heterocycles. The van der Waals surface area contributed by atoms with E-state index in [2.05, 4.69) is 10.2 Å². The molecule has 2 heterocycles. The third kappa shape index (κ3) is 2.83. The lowest BCUT2D eigenvalue weighted by Crippen LogP contribution is -2.02. The molecule has 24 heavy (non-hydrogen) atoms. The summed E-state index contributed by atoms with van der Waals surface area (Å²) in [6.45, 7) is 0. The number of rotatable bonds is 5. The Hall–Kier alpha value is -2.86. The van der Waals surface area contributed by atoms with Crippen LogP contribution in [0.4, 0.5) is 0 Å². The van der Waals surface area contributed by atoms with E-state index >= 15 is 0 Å². The number of Topliss-reactive ketones (excluding diaryl/α,β-unsaturated/α-hetero) is 1. The highest BCUT2D eigenvalue weighted by Gasteiger charge is 2.15. The molecule has 0 bridgehead atoms. The van der Waals surface area contributed by atoms with Gasteiger partial charge in [0, 0.05) is 11.1 Å². The Balaban J connectivity index is 1.51. The van der Waals surface area contributed by atoms with Crippen LogP contribution in [0.2, 0.25) is 0 Å². The minimum atomic E-state index is -0.0705. The van der Waals surface area contributed by atoms with Gasteiger partial charge in [-0.05, 0) is 24.3 Å². The molecule has 6 heteroatoms. The molecule has 0 saturated carbocycles. The van der Waals surface area contributed by atoms with Gasteiger partial charge >= 0.3 is 0 Å². The lowest BCUT2D eigenvalue weighted by Gasteiger charge is -2.04. The van der Waals surface area contributed by atoms with E-state index in [4.69, 9.17) is 4.42 Å². The molecule has 0 spiro atoms. The summed E-state index contributed by atoms with van der Waals surface area (Å²) in [6, 6.07) is 19.1. The van der Waals surface area contributed by atoms with E-state index in [-0.39, 0.29) is 11.5 Å². The molecule has 0 aliphatic rings. The molecule has 0 atom stereocenters. The van der Waals surface area contributed by atoms with Crippen LogP contribution in [0.3, 0.4) is 0 Å². The van der Waals surface area contributed by atoms with Gasteiger partial charge < -0.3 is 4.42 Å². The number of furan rings is 1. The first-order valence-corrected chi connectivity index (χ1v) is 8.40. The zero-order valence-electron chi connectivity index (χ0n) is 12.6. The molecule has 0 saturated heterocycles. The van der Waals surface area contributed by atoms with Gasteiger partial charge in [0.1, 0.15) is 11.9 Å². The summed E-state index contributed by atoms with van der Waals surface area (Å²) in [4.78, 5) is 12.4. The summed E-state index contributed by atoms with van der Waals surface area (Å²) in [6.07, 6.45) is 1.64. The second-order valence-corrected chi connectivity index (χ2v) is 6.12. The number of ketones is 1. The third-order valence-electron chi connectivity index (χ3n) is 3.58. The van der Waals surface area contributed by atoms with Crippen LogP contribution in [-0.4, -0.2) is 26.3 Å². The Morgan fingerprint density at radius 1 is 1.08 bits per heavy atom. The summed E-state index contributed by atoms with van der Waals surface area (Å²) in [5, 5.41) is 9.64.